The first-order valence-corrected chi connectivity index (χ1v) is 8.14. The Morgan fingerprint density at radius 2 is 2.17 bits per heavy atom. The molecule has 0 amide bonds. The molecule has 0 bridgehead atoms. The van der Waals surface area contributed by atoms with Crippen molar-refractivity contribution in [2.24, 2.45) is 5.92 Å². The van der Waals surface area contributed by atoms with Gasteiger partial charge in [0.1, 0.15) is 12.2 Å². The molecule has 4 atom stereocenters. The molecule has 24 heavy (non-hydrogen) atoms. The van der Waals surface area contributed by atoms with Crippen molar-refractivity contribution in [1.82, 2.24) is 19.5 Å². The normalized spacial score (nSPS) is 27.2. The summed E-state index contributed by atoms with van der Waals surface area (Å²) in [7, 11) is 0. The number of aliphatic hydroxyl groups is 2. The summed E-state index contributed by atoms with van der Waals surface area (Å²) >= 11 is 0. The number of rotatable bonds is 5. The van der Waals surface area contributed by atoms with E-state index in [-0.39, 0.29) is 11.1 Å². The highest BCUT2D eigenvalue weighted by Crippen LogP contribution is 2.32. The lowest BCUT2D eigenvalue weighted by atomic mass is 10.1. The Morgan fingerprint density at radius 3 is 2.79 bits per heavy atom. The molecule has 3 rings (SSSR count). The maximum Gasteiger partial charge on any atom is 0.280 e. The average Bonchev–Trinajstić information content (AvgIpc) is 3.08. The second-order valence-electron chi connectivity index (χ2n) is 6.47. The molecule has 1 aliphatic rings. The van der Waals surface area contributed by atoms with Gasteiger partial charge in [0.05, 0.1) is 12.4 Å². The molecule has 0 radical (unpaired) electrons. The Hall–Kier alpha value is -1.97. The summed E-state index contributed by atoms with van der Waals surface area (Å²) in [5, 5.41) is 23.4. The van der Waals surface area contributed by atoms with Crippen molar-refractivity contribution < 1.29 is 14.9 Å². The summed E-state index contributed by atoms with van der Waals surface area (Å²) in [5.41, 5.74) is 0.0958. The van der Waals surface area contributed by atoms with Crippen LogP contribution in [0.25, 0.3) is 11.2 Å². The number of fused-ring (bicyclic) bond motifs is 1. The number of hydrogen-bond acceptors (Lipinski definition) is 7. The predicted octanol–water partition coefficient (Wildman–Crippen LogP) is 0.217. The van der Waals surface area contributed by atoms with Gasteiger partial charge in [-0.25, -0.2) is 4.98 Å². The molecule has 0 aromatic carbocycles. The van der Waals surface area contributed by atoms with E-state index in [9.17, 15) is 15.0 Å². The quantitative estimate of drug-likeness (QED) is 0.615. The summed E-state index contributed by atoms with van der Waals surface area (Å²) in [4.78, 5) is 23.3. The van der Waals surface area contributed by atoms with E-state index in [1.165, 1.54) is 10.9 Å². The molecule has 9 heteroatoms. The molecule has 1 saturated heterocycles. The second-order valence-corrected chi connectivity index (χ2v) is 6.47. The number of aromatic nitrogens is 4. The van der Waals surface area contributed by atoms with Gasteiger partial charge in [-0.05, 0) is 12.3 Å². The van der Waals surface area contributed by atoms with Gasteiger partial charge in [0.15, 0.2) is 17.4 Å². The van der Waals surface area contributed by atoms with Crippen molar-refractivity contribution >= 4 is 17.1 Å². The molecule has 2 aromatic heterocycles. The first-order valence-electron chi connectivity index (χ1n) is 8.14. The number of H-pyrrole nitrogens is 1. The highest BCUT2D eigenvalue weighted by atomic mass is 16.6. The fraction of sp³-hybridized carbons (Fsp3) is 0.667. The predicted molar refractivity (Wildman–Crippen MR) is 87.7 cm³/mol. The smallest absolute Gasteiger partial charge is 0.280 e. The van der Waals surface area contributed by atoms with Gasteiger partial charge in [-0.3, -0.25) is 14.3 Å². The van der Waals surface area contributed by atoms with E-state index >= 15 is 0 Å². The van der Waals surface area contributed by atoms with Gasteiger partial charge >= 0.3 is 0 Å². The lowest BCUT2D eigenvalue weighted by Gasteiger charge is -2.16. The number of nitrogens with one attached hydrogen (secondary N) is 2. The summed E-state index contributed by atoms with van der Waals surface area (Å²) in [5.74, 6) is 0.722. The number of anilines is 1. The summed E-state index contributed by atoms with van der Waals surface area (Å²) < 4.78 is 7.21. The molecule has 1 fully saturated rings. The molecular weight excluding hydrogens is 314 g/mol. The first kappa shape index (κ1) is 16.9. The topological polar surface area (TPSA) is 125 Å². The summed E-state index contributed by atoms with van der Waals surface area (Å²) in [6, 6.07) is 0. The van der Waals surface area contributed by atoms with E-state index in [1.807, 2.05) is 20.8 Å². The minimum atomic E-state index is -1.11. The molecule has 2 aromatic rings. The number of aromatic amines is 1. The Labute approximate surface area is 138 Å². The number of hydrogen-bond donors (Lipinski definition) is 4. The van der Waals surface area contributed by atoms with Crippen LogP contribution in [0.2, 0.25) is 0 Å². The third-order valence-corrected chi connectivity index (χ3v) is 4.12. The molecule has 0 spiro atoms. The van der Waals surface area contributed by atoms with Crippen molar-refractivity contribution in [2.45, 2.75) is 51.7 Å². The van der Waals surface area contributed by atoms with E-state index in [4.69, 9.17) is 4.74 Å². The number of imidazole rings is 1. The zero-order valence-electron chi connectivity index (χ0n) is 13.9. The molecule has 132 valence electrons. The van der Waals surface area contributed by atoms with Crippen molar-refractivity contribution in [2.75, 3.05) is 11.9 Å². The minimum absolute atomic E-state index is 0.162. The Bertz CT molecular complexity index is 771. The van der Waals surface area contributed by atoms with Gasteiger partial charge in [0, 0.05) is 6.54 Å². The van der Waals surface area contributed by atoms with Gasteiger partial charge in [-0.15, -0.1) is 0 Å². The highest BCUT2D eigenvalue weighted by molar-refractivity contribution is 5.70. The van der Waals surface area contributed by atoms with Crippen LogP contribution in [-0.2, 0) is 4.74 Å². The van der Waals surface area contributed by atoms with Crippen LogP contribution in [0.15, 0.2) is 11.1 Å². The van der Waals surface area contributed by atoms with Crippen LogP contribution in [0.5, 0.6) is 0 Å². The lowest BCUT2D eigenvalue weighted by Crippen LogP contribution is -2.31. The zero-order valence-corrected chi connectivity index (χ0v) is 13.9. The molecule has 0 aliphatic carbocycles. The second kappa shape index (κ2) is 6.50. The van der Waals surface area contributed by atoms with Gasteiger partial charge in [-0.1, -0.05) is 20.8 Å². The van der Waals surface area contributed by atoms with Crippen LogP contribution < -0.4 is 10.9 Å². The van der Waals surface area contributed by atoms with Crippen LogP contribution in [0.3, 0.4) is 0 Å². The molecule has 0 saturated carbocycles. The molecular formula is C15H23N5O4. The van der Waals surface area contributed by atoms with Gasteiger partial charge < -0.3 is 20.3 Å². The maximum absolute atomic E-state index is 12.2. The van der Waals surface area contributed by atoms with Gasteiger partial charge in [0.25, 0.3) is 5.56 Å². The number of nitrogens with zero attached hydrogens (tertiary/aromatic N) is 3. The zero-order chi connectivity index (χ0) is 17.4. The Kier molecular flexibility index (Phi) is 4.57. The van der Waals surface area contributed by atoms with E-state index in [0.717, 1.165) is 0 Å². The third kappa shape index (κ3) is 2.90. The standard InChI is InChI=1S/C15H23N5O4/c1-4-8-10(21)11(22)14(24-8)20-6-17-9-12(20)18-15(19-13(9)23)16-5-7(2)3/h6-8,10-11,14,21-22H,4-5H2,1-3H3,(H2,16,18,19,23)/t8-,10+,11?,14-/m1/s1. The first-order chi connectivity index (χ1) is 11.4. The largest absolute Gasteiger partial charge is 0.388 e. The third-order valence-electron chi connectivity index (χ3n) is 4.12. The van der Waals surface area contributed by atoms with Crippen molar-refractivity contribution in [3.05, 3.63) is 16.7 Å². The SMILES string of the molecule is CC[C@H]1O[C@@H](n2cnc3c(=O)[nH]c(NCC(C)C)nc32)C(O)[C@H]1O. The van der Waals surface area contributed by atoms with Crippen molar-refractivity contribution in [3.63, 3.8) is 0 Å². The van der Waals surface area contributed by atoms with Gasteiger partial charge in [-0.2, -0.15) is 4.98 Å². The maximum atomic E-state index is 12.2. The molecule has 1 aliphatic heterocycles. The lowest BCUT2D eigenvalue weighted by molar-refractivity contribution is -0.0355. The monoisotopic (exact) mass is 337 g/mol. The number of ether oxygens (including phenoxy) is 1. The molecule has 9 nitrogen and oxygen atoms in total. The van der Waals surface area contributed by atoms with Crippen LogP contribution in [0.1, 0.15) is 33.4 Å². The average molecular weight is 337 g/mol. The van der Waals surface area contributed by atoms with Crippen LogP contribution in [0, 0.1) is 5.92 Å². The minimum Gasteiger partial charge on any atom is -0.388 e. The fourth-order valence-corrected chi connectivity index (χ4v) is 2.79. The van der Waals surface area contributed by atoms with E-state index in [1.54, 1.807) is 0 Å². The molecule has 4 N–H and O–H groups in total. The van der Waals surface area contributed by atoms with Gasteiger partial charge in [0.2, 0.25) is 5.95 Å². The molecule has 1 unspecified atom stereocenters. The summed E-state index contributed by atoms with van der Waals surface area (Å²) in [6.45, 7) is 6.61. The Balaban J connectivity index is 1.98. The van der Waals surface area contributed by atoms with E-state index in [0.29, 0.717) is 30.5 Å². The van der Waals surface area contributed by atoms with Crippen LogP contribution in [-0.4, -0.2) is 54.6 Å². The van der Waals surface area contributed by atoms with E-state index in [2.05, 4.69) is 20.3 Å². The molecule has 3 heterocycles. The van der Waals surface area contributed by atoms with Crippen molar-refractivity contribution in [1.29, 1.82) is 0 Å². The van der Waals surface area contributed by atoms with Crippen molar-refractivity contribution in [3.8, 4) is 0 Å². The van der Waals surface area contributed by atoms with E-state index < -0.39 is 24.5 Å². The fourth-order valence-electron chi connectivity index (χ4n) is 2.79. The van der Waals surface area contributed by atoms with Crippen LogP contribution >= 0.6 is 0 Å². The highest BCUT2D eigenvalue weighted by Gasteiger charge is 2.43. The summed E-state index contributed by atoms with van der Waals surface area (Å²) in [6.07, 6.45) is -1.43. The Morgan fingerprint density at radius 1 is 1.42 bits per heavy atom. The number of aliphatic hydroxyl groups excluding tert-OH is 2. The van der Waals surface area contributed by atoms with Crippen LogP contribution in [0.4, 0.5) is 5.95 Å².